The van der Waals surface area contributed by atoms with Crippen LogP contribution in [0.4, 0.5) is 0 Å². The number of carboxylic acids is 2. The number of unbranched alkanes of at least 4 members (excludes halogenated alkanes) is 3. The highest BCUT2D eigenvalue weighted by Gasteiger charge is 2.21. The first-order chi connectivity index (χ1) is 18.3. The number of benzene rings is 3. The Balaban J connectivity index is 2.05. The van der Waals surface area contributed by atoms with E-state index < -0.39 is 31.7 Å². The number of hydrogen-bond acceptors (Lipinski definition) is 6. The van der Waals surface area contributed by atoms with Gasteiger partial charge < -0.3 is 14.9 Å². The lowest BCUT2D eigenvalue weighted by Crippen LogP contribution is -2.07. The third-order valence-electron chi connectivity index (χ3n) is 6.00. The Morgan fingerprint density at radius 3 is 2.08 bits per heavy atom. The molecular formula is C28H31NO8S2. The molecule has 0 aromatic heterocycles. The van der Waals surface area contributed by atoms with Crippen LogP contribution in [0.5, 0.6) is 11.5 Å². The molecule has 0 saturated carbocycles. The van der Waals surface area contributed by atoms with Gasteiger partial charge in [0, 0.05) is 11.2 Å². The van der Waals surface area contributed by atoms with Gasteiger partial charge in [0.05, 0.1) is 20.2 Å². The maximum atomic E-state index is 13.6. The smallest absolute Gasteiger partial charge is 0.339 e. The number of nitrogens with zero attached hydrogens (tertiary/aromatic N) is 1. The Morgan fingerprint density at radius 2 is 1.46 bits per heavy atom. The van der Waals surface area contributed by atoms with E-state index in [-0.39, 0.29) is 32.4 Å². The number of aromatic carboxylic acids is 2. The predicted molar refractivity (Wildman–Crippen MR) is 148 cm³/mol. The Hall–Kier alpha value is -3.70. The summed E-state index contributed by atoms with van der Waals surface area (Å²) in [5, 5.41) is 18.8. The van der Waals surface area contributed by atoms with Crippen molar-refractivity contribution in [2.45, 2.75) is 55.7 Å². The van der Waals surface area contributed by atoms with Crippen LogP contribution in [-0.2, 0) is 26.2 Å². The maximum Gasteiger partial charge on any atom is 0.339 e. The van der Waals surface area contributed by atoms with E-state index in [0.717, 1.165) is 37.3 Å². The monoisotopic (exact) mass is 573 g/mol. The molecule has 208 valence electrons. The van der Waals surface area contributed by atoms with Crippen molar-refractivity contribution in [2.75, 3.05) is 6.26 Å². The van der Waals surface area contributed by atoms with Crippen LogP contribution in [0.3, 0.4) is 0 Å². The molecule has 0 heterocycles. The molecule has 0 saturated heterocycles. The Kier molecular flexibility index (Phi) is 9.52. The molecule has 0 aliphatic carbocycles. The van der Waals surface area contributed by atoms with E-state index in [1.54, 1.807) is 18.2 Å². The van der Waals surface area contributed by atoms with Gasteiger partial charge in [0.2, 0.25) is 0 Å². The molecule has 39 heavy (non-hydrogen) atoms. The highest BCUT2D eigenvalue weighted by molar-refractivity contribution is 8.03. The van der Waals surface area contributed by atoms with Crippen molar-refractivity contribution in [3.63, 3.8) is 0 Å². The summed E-state index contributed by atoms with van der Waals surface area (Å²) >= 11 is 0. The molecule has 0 fully saturated rings. The second-order valence-corrected chi connectivity index (χ2v) is 13.3. The molecule has 0 aliphatic rings. The van der Waals surface area contributed by atoms with Crippen LogP contribution in [0.2, 0.25) is 0 Å². The van der Waals surface area contributed by atoms with Crippen molar-refractivity contribution >= 4 is 31.7 Å². The summed E-state index contributed by atoms with van der Waals surface area (Å²) in [6, 6.07) is 14.1. The summed E-state index contributed by atoms with van der Waals surface area (Å²) in [5.74, 6) is -2.39. The van der Waals surface area contributed by atoms with Crippen LogP contribution in [0.25, 0.3) is 0 Å². The third kappa shape index (κ3) is 7.67. The zero-order valence-corrected chi connectivity index (χ0v) is 23.5. The molecule has 3 aromatic rings. The number of rotatable bonds is 12. The van der Waals surface area contributed by atoms with Crippen molar-refractivity contribution in [3.05, 3.63) is 82.9 Å². The fourth-order valence-electron chi connectivity index (χ4n) is 3.85. The van der Waals surface area contributed by atoms with E-state index in [2.05, 4.69) is 10.7 Å². The summed E-state index contributed by atoms with van der Waals surface area (Å²) in [7, 11) is -7.59. The van der Waals surface area contributed by atoms with E-state index >= 15 is 0 Å². The minimum Gasteiger partial charge on any atom is -0.478 e. The summed E-state index contributed by atoms with van der Waals surface area (Å²) in [5.41, 5.74) is 0.948. The molecule has 11 heteroatoms. The topological polar surface area (TPSA) is 147 Å². The number of hydrogen-bond donors (Lipinski definition) is 2. The van der Waals surface area contributed by atoms with E-state index in [4.69, 9.17) is 4.74 Å². The van der Waals surface area contributed by atoms with Crippen molar-refractivity contribution in [1.82, 2.24) is 0 Å². The van der Waals surface area contributed by atoms with E-state index in [1.807, 2.05) is 6.92 Å². The zero-order valence-electron chi connectivity index (χ0n) is 21.9. The SMILES string of the molecule is CCCCCCc1cc(S(C)(=O)=NS(=O)(=O)c2ccc(C)cc2)ccc1Oc1ccc(C(=O)O)cc1C(=O)O. The van der Waals surface area contributed by atoms with E-state index in [0.29, 0.717) is 12.0 Å². The molecule has 0 radical (unpaired) electrons. The molecule has 0 aliphatic heterocycles. The molecule has 3 aromatic carbocycles. The predicted octanol–water partition coefficient (Wildman–Crippen LogP) is 6.15. The normalized spacial score (nSPS) is 12.9. The van der Waals surface area contributed by atoms with Crippen LogP contribution >= 0.6 is 0 Å². The van der Waals surface area contributed by atoms with Gasteiger partial charge in [-0.2, -0.15) is 8.42 Å². The van der Waals surface area contributed by atoms with Gasteiger partial charge in [-0.05, 0) is 73.9 Å². The van der Waals surface area contributed by atoms with Crippen LogP contribution < -0.4 is 4.74 Å². The van der Waals surface area contributed by atoms with E-state index in [9.17, 15) is 32.4 Å². The lowest BCUT2D eigenvalue weighted by atomic mass is 10.0. The summed E-state index contributed by atoms with van der Waals surface area (Å²) < 4.78 is 49.0. The van der Waals surface area contributed by atoms with Crippen LogP contribution in [0.15, 0.2) is 74.2 Å². The molecule has 0 spiro atoms. The van der Waals surface area contributed by atoms with Crippen LogP contribution in [0, 0.1) is 6.92 Å². The largest absolute Gasteiger partial charge is 0.478 e. The molecule has 0 bridgehead atoms. The van der Waals surface area contributed by atoms with Crippen LogP contribution in [-0.4, -0.2) is 41.0 Å². The van der Waals surface area contributed by atoms with Crippen molar-refractivity contribution in [1.29, 1.82) is 0 Å². The maximum absolute atomic E-state index is 13.6. The van der Waals surface area contributed by atoms with E-state index in [1.165, 1.54) is 42.7 Å². The minimum absolute atomic E-state index is 0.0565. The van der Waals surface area contributed by atoms with Gasteiger partial charge in [0.15, 0.2) is 0 Å². The molecule has 0 amide bonds. The fraction of sp³-hybridized carbons (Fsp3) is 0.286. The first-order valence-corrected chi connectivity index (χ1v) is 15.7. The molecule has 2 N–H and O–H groups in total. The number of sulfonamides is 1. The van der Waals surface area contributed by atoms with Crippen LogP contribution in [0.1, 0.15) is 64.4 Å². The summed E-state index contributed by atoms with van der Waals surface area (Å²) in [6.45, 7) is 3.90. The molecule has 1 atom stereocenters. The van der Waals surface area contributed by atoms with Gasteiger partial charge in [-0.25, -0.2) is 13.8 Å². The lowest BCUT2D eigenvalue weighted by Gasteiger charge is -2.15. The number of aryl methyl sites for hydroxylation is 2. The Labute approximate surface area is 228 Å². The highest BCUT2D eigenvalue weighted by atomic mass is 32.3. The van der Waals surface area contributed by atoms with Gasteiger partial charge in [0.25, 0.3) is 10.0 Å². The Morgan fingerprint density at radius 1 is 0.821 bits per heavy atom. The van der Waals surface area contributed by atoms with Gasteiger partial charge in [-0.3, -0.25) is 0 Å². The second-order valence-electron chi connectivity index (χ2n) is 9.17. The third-order valence-corrected chi connectivity index (χ3v) is 9.92. The first-order valence-electron chi connectivity index (χ1n) is 12.3. The quantitative estimate of drug-likeness (QED) is 0.245. The van der Waals surface area contributed by atoms with Crippen molar-refractivity contribution in [3.8, 4) is 11.5 Å². The average Bonchev–Trinajstić information content (AvgIpc) is 2.87. The van der Waals surface area contributed by atoms with Gasteiger partial charge in [-0.1, -0.05) is 43.9 Å². The fourth-order valence-corrected chi connectivity index (χ4v) is 7.20. The van der Waals surface area contributed by atoms with Gasteiger partial charge >= 0.3 is 11.9 Å². The summed E-state index contributed by atoms with van der Waals surface area (Å²) in [4.78, 5) is 23.2. The summed E-state index contributed by atoms with van der Waals surface area (Å²) in [6.07, 6.45) is 5.45. The highest BCUT2D eigenvalue weighted by Crippen LogP contribution is 2.32. The zero-order chi connectivity index (χ0) is 28.8. The second kappa shape index (κ2) is 12.4. The first kappa shape index (κ1) is 29.9. The average molecular weight is 574 g/mol. The molecule has 3 rings (SSSR count). The van der Waals surface area contributed by atoms with Crippen molar-refractivity contribution in [2.24, 2.45) is 3.77 Å². The molecule has 1 unspecified atom stereocenters. The van der Waals surface area contributed by atoms with Gasteiger partial charge in [0.1, 0.15) is 17.1 Å². The lowest BCUT2D eigenvalue weighted by molar-refractivity contribution is 0.0694. The standard InChI is InChI=1S/C28H31NO8S2/c1-4-5-6-7-8-20-17-23(38(3,34)29-39(35,36)22-12-9-19(2)10-13-22)14-16-25(20)37-26-15-11-21(27(30)31)18-24(26)28(32)33/h9-18H,4-8H2,1-3H3,(H,30,31)(H,32,33). The molecule has 9 nitrogen and oxygen atoms in total. The minimum atomic E-state index is -4.20. The number of carbonyl (C=O) groups is 2. The van der Waals surface area contributed by atoms with Crippen molar-refractivity contribution < 1.29 is 37.2 Å². The Bertz CT molecular complexity index is 1600. The molecular weight excluding hydrogens is 542 g/mol. The number of carboxylic acid groups (broad SMARTS) is 2. The van der Waals surface area contributed by atoms with Gasteiger partial charge in [-0.15, -0.1) is 3.77 Å². The number of ether oxygens (including phenoxy) is 1.